The number of aromatic amines is 1. The van der Waals surface area contributed by atoms with Crippen LogP contribution in [0.25, 0.3) is 33.2 Å². The number of aromatic nitrogens is 4. The SMILES string of the molecule is CCCN([C@H]1CC[C@H](C2=CB(O)Oc3cnc4[nH]ccc4c32)CC1)n1ccc2c3c(cnc21)OB(O)C=C3[C@@H]1CCNC[C@@H]1C. The van der Waals surface area contributed by atoms with Crippen molar-refractivity contribution in [1.29, 1.82) is 0 Å². The molecule has 12 heteroatoms. The minimum absolute atomic E-state index is 0.331. The van der Waals surface area contributed by atoms with Crippen LogP contribution in [0.4, 0.5) is 0 Å². The standard InChI is InChI=1S/C33H40B2N6O4/c1-3-13-40(22-6-4-21(5-7-22)26-15-34(42)44-28-18-38-32-24(30(26)28)9-12-37-32)41-14-10-25-31-27(23-8-11-36-17-20(23)2)16-35(43)45-29(31)19-39-33(25)41/h9-10,12,14-16,18-23,36,42-43H,3-8,11,13,17H2,1-2H3,(H,37,38)/t20-,21-,22-,23+/m0/s1. The normalized spacial score (nSPS) is 24.9. The first-order valence-corrected chi connectivity index (χ1v) is 16.6. The molecule has 4 aliphatic rings. The van der Waals surface area contributed by atoms with Crippen LogP contribution in [0.3, 0.4) is 0 Å². The number of rotatable bonds is 6. The van der Waals surface area contributed by atoms with Crippen LogP contribution >= 0.6 is 0 Å². The number of hydrogen-bond acceptors (Lipinski definition) is 8. The lowest BCUT2D eigenvalue weighted by Crippen LogP contribution is -2.46. The molecule has 0 unspecified atom stereocenters. The van der Waals surface area contributed by atoms with E-state index in [2.05, 4.69) is 51.1 Å². The Morgan fingerprint density at radius 1 is 0.956 bits per heavy atom. The second-order valence-electron chi connectivity index (χ2n) is 13.1. The number of pyridine rings is 2. The lowest BCUT2D eigenvalue weighted by molar-refractivity contribution is 0.327. The van der Waals surface area contributed by atoms with Gasteiger partial charge < -0.3 is 34.7 Å². The van der Waals surface area contributed by atoms with Gasteiger partial charge in [0, 0.05) is 46.9 Å². The van der Waals surface area contributed by atoms with Gasteiger partial charge in [-0.15, -0.1) is 0 Å². The molecule has 10 nitrogen and oxygen atoms in total. The summed E-state index contributed by atoms with van der Waals surface area (Å²) in [5.41, 5.74) is 6.27. The van der Waals surface area contributed by atoms with Crippen LogP contribution in [0, 0.1) is 17.8 Å². The molecule has 0 aromatic carbocycles. The molecule has 0 radical (unpaired) electrons. The molecule has 1 saturated carbocycles. The molecular weight excluding hydrogens is 566 g/mol. The topological polar surface area (TPSA) is 121 Å². The highest BCUT2D eigenvalue weighted by Gasteiger charge is 2.37. The summed E-state index contributed by atoms with van der Waals surface area (Å²) in [6.07, 6.45) is 13.8. The molecule has 2 atom stereocenters. The Hall–Kier alpha value is -3.73. The van der Waals surface area contributed by atoms with Crippen molar-refractivity contribution in [1.82, 2.24) is 24.9 Å². The van der Waals surface area contributed by atoms with E-state index >= 15 is 0 Å². The number of allylic oxidation sites excluding steroid dienone is 2. The van der Waals surface area contributed by atoms with Crippen molar-refractivity contribution in [2.24, 2.45) is 17.8 Å². The molecule has 0 amide bonds. The average Bonchev–Trinajstić information content (AvgIpc) is 3.71. The molecule has 1 aliphatic carbocycles. The third-order valence-electron chi connectivity index (χ3n) is 10.4. The predicted octanol–water partition coefficient (Wildman–Crippen LogP) is 4.36. The van der Waals surface area contributed by atoms with Crippen LogP contribution in [-0.4, -0.2) is 69.6 Å². The maximum Gasteiger partial charge on any atom is 0.552 e. The summed E-state index contributed by atoms with van der Waals surface area (Å²) in [6, 6.07) is 4.59. The summed E-state index contributed by atoms with van der Waals surface area (Å²) in [5, 5.41) is 29.3. The number of nitrogens with zero attached hydrogens (tertiary/aromatic N) is 4. The van der Waals surface area contributed by atoms with Gasteiger partial charge >= 0.3 is 14.2 Å². The Balaban J connectivity index is 1.09. The van der Waals surface area contributed by atoms with E-state index in [1.54, 1.807) is 12.4 Å². The van der Waals surface area contributed by atoms with E-state index < -0.39 is 14.2 Å². The Kier molecular flexibility index (Phi) is 7.38. The molecule has 0 bridgehead atoms. The molecule has 2 fully saturated rings. The number of nitrogens with one attached hydrogen (secondary N) is 2. The fourth-order valence-electron chi connectivity index (χ4n) is 8.33. The van der Waals surface area contributed by atoms with E-state index in [1.807, 2.05) is 24.2 Å². The van der Waals surface area contributed by atoms with Gasteiger partial charge in [-0.3, -0.25) is 0 Å². The second-order valence-corrected chi connectivity index (χ2v) is 13.1. The number of hydrogen-bond donors (Lipinski definition) is 4. The summed E-state index contributed by atoms with van der Waals surface area (Å²) >= 11 is 0. The minimum atomic E-state index is -0.958. The molecule has 232 valence electrons. The first-order valence-electron chi connectivity index (χ1n) is 16.6. The molecule has 4 aromatic heterocycles. The van der Waals surface area contributed by atoms with Gasteiger partial charge in [0.05, 0.1) is 12.4 Å². The predicted molar refractivity (Wildman–Crippen MR) is 178 cm³/mol. The van der Waals surface area contributed by atoms with Gasteiger partial charge in [0.15, 0.2) is 5.65 Å². The van der Waals surface area contributed by atoms with Crippen molar-refractivity contribution in [2.45, 2.75) is 58.4 Å². The lowest BCUT2D eigenvalue weighted by Gasteiger charge is -2.40. The van der Waals surface area contributed by atoms with Gasteiger partial charge in [0.1, 0.15) is 17.1 Å². The quantitative estimate of drug-likeness (QED) is 0.239. The van der Waals surface area contributed by atoms with Crippen molar-refractivity contribution in [3.63, 3.8) is 0 Å². The molecule has 45 heavy (non-hydrogen) atoms. The highest BCUT2D eigenvalue weighted by molar-refractivity contribution is 6.53. The fraction of sp³-hybridized carbons (Fsp3) is 0.455. The Bertz CT molecular complexity index is 1790. The van der Waals surface area contributed by atoms with Crippen LogP contribution in [0.1, 0.15) is 63.5 Å². The zero-order valence-electron chi connectivity index (χ0n) is 25.9. The fourth-order valence-corrected chi connectivity index (χ4v) is 8.33. The molecule has 8 rings (SSSR count). The van der Waals surface area contributed by atoms with Gasteiger partial charge in [-0.1, -0.05) is 13.8 Å². The van der Waals surface area contributed by atoms with Crippen molar-refractivity contribution in [3.8, 4) is 11.5 Å². The lowest BCUT2D eigenvalue weighted by atomic mass is 9.72. The zero-order chi connectivity index (χ0) is 30.7. The van der Waals surface area contributed by atoms with Crippen molar-refractivity contribution >= 4 is 47.4 Å². The monoisotopic (exact) mass is 606 g/mol. The molecule has 4 aromatic rings. The van der Waals surface area contributed by atoms with Gasteiger partial charge in [0.25, 0.3) is 0 Å². The third kappa shape index (κ3) is 4.94. The number of fused-ring (bicyclic) bond motifs is 6. The van der Waals surface area contributed by atoms with Crippen LogP contribution in [0.5, 0.6) is 11.5 Å². The largest absolute Gasteiger partial charge is 0.552 e. The highest BCUT2D eigenvalue weighted by atomic mass is 16.5. The average molecular weight is 606 g/mol. The van der Waals surface area contributed by atoms with Crippen molar-refractivity contribution < 1.29 is 19.4 Å². The molecule has 3 aliphatic heterocycles. The first-order chi connectivity index (χ1) is 22.0. The zero-order valence-corrected chi connectivity index (χ0v) is 25.9. The van der Waals surface area contributed by atoms with Crippen LogP contribution < -0.4 is 19.6 Å². The highest BCUT2D eigenvalue weighted by Crippen LogP contribution is 2.46. The van der Waals surface area contributed by atoms with Gasteiger partial charge in [0.2, 0.25) is 0 Å². The van der Waals surface area contributed by atoms with E-state index in [0.29, 0.717) is 35.3 Å². The van der Waals surface area contributed by atoms with Gasteiger partial charge in [-0.05, 0) is 105 Å². The molecule has 1 saturated heterocycles. The number of piperidine rings is 1. The molecule has 0 spiro atoms. The summed E-state index contributed by atoms with van der Waals surface area (Å²) < 4.78 is 13.9. The number of H-pyrrole nitrogens is 1. The Morgan fingerprint density at radius 2 is 1.69 bits per heavy atom. The molecule has 7 heterocycles. The van der Waals surface area contributed by atoms with E-state index in [4.69, 9.17) is 14.3 Å². The smallest absolute Gasteiger partial charge is 0.531 e. The first kappa shape index (κ1) is 28.7. The van der Waals surface area contributed by atoms with E-state index in [1.165, 1.54) is 11.1 Å². The van der Waals surface area contributed by atoms with Gasteiger partial charge in [-0.2, -0.15) is 0 Å². The maximum absolute atomic E-state index is 10.6. The van der Waals surface area contributed by atoms with Crippen LogP contribution in [-0.2, 0) is 0 Å². The Morgan fingerprint density at radius 3 is 2.44 bits per heavy atom. The summed E-state index contributed by atoms with van der Waals surface area (Å²) in [7, 11) is -1.91. The summed E-state index contributed by atoms with van der Waals surface area (Å²) in [4.78, 5) is 12.6. The summed E-state index contributed by atoms with van der Waals surface area (Å²) in [6.45, 7) is 7.39. The van der Waals surface area contributed by atoms with E-state index in [-0.39, 0.29) is 0 Å². The van der Waals surface area contributed by atoms with Crippen molar-refractivity contribution in [3.05, 3.63) is 60.0 Å². The Labute approximate surface area is 263 Å². The molecular formula is C33H40B2N6O4. The third-order valence-corrected chi connectivity index (χ3v) is 10.4. The minimum Gasteiger partial charge on any atom is -0.531 e. The maximum atomic E-state index is 10.6. The molecule has 4 N–H and O–H groups in total. The summed E-state index contributed by atoms with van der Waals surface area (Å²) in [5.74, 6) is 6.26. The van der Waals surface area contributed by atoms with Crippen LogP contribution in [0.15, 0.2) is 48.9 Å². The van der Waals surface area contributed by atoms with E-state index in [9.17, 15) is 10.0 Å². The van der Waals surface area contributed by atoms with Gasteiger partial charge in [-0.25, -0.2) is 14.6 Å². The van der Waals surface area contributed by atoms with Crippen LogP contribution in [0.2, 0.25) is 0 Å². The van der Waals surface area contributed by atoms with E-state index in [0.717, 1.165) is 91.4 Å². The second kappa shape index (κ2) is 11.6. The van der Waals surface area contributed by atoms with Crippen molar-refractivity contribution in [2.75, 3.05) is 24.6 Å².